The van der Waals surface area contributed by atoms with Gasteiger partial charge in [-0.1, -0.05) is 12.1 Å². The van der Waals surface area contributed by atoms with Crippen LogP contribution in [0.3, 0.4) is 0 Å². The molecular formula is C21H35N5O2. The summed E-state index contributed by atoms with van der Waals surface area (Å²) in [5.41, 5.74) is 3.23. The van der Waals surface area contributed by atoms with Crippen LogP contribution < -0.4 is 16.0 Å². The third kappa shape index (κ3) is 6.25. The van der Waals surface area contributed by atoms with Crippen LogP contribution in [0.5, 0.6) is 0 Å². The second-order valence-corrected chi connectivity index (χ2v) is 7.52. The largest absolute Gasteiger partial charge is 0.378 e. The lowest BCUT2D eigenvalue weighted by Gasteiger charge is -2.29. The predicted octanol–water partition coefficient (Wildman–Crippen LogP) is 0.0518. The van der Waals surface area contributed by atoms with Gasteiger partial charge in [-0.15, -0.1) is 0 Å². The molecule has 3 aliphatic rings. The summed E-state index contributed by atoms with van der Waals surface area (Å²) < 4.78 is 5.33. The van der Waals surface area contributed by atoms with E-state index in [-0.39, 0.29) is 5.91 Å². The van der Waals surface area contributed by atoms with Crippen molar-refractivity contribution >= 4 is 5.91 Å². The maximum absolute atomic E-state index is 12.7. The molecule has 0 bridgehead atoms. The van der Waals surface area contributed by atoms with Crippen LogP contribution in [0, 0.1) is 6.92 Å². The third-order valence-electron chi connectivity index (χ3n) is 5.54. The molecule has 1 aromatic rings. The van der Waals surface area contributed by atoms with Crippen molar-refractivity contribution < 1.29 is 9.53 Å². The van der Waals surface area contributed by atoms with Crippen molar-refractivity contribution in [1.29, 1.82) is 0 Å². The highest BCUT2D eigenvalue weighted by molar-refractivity contribution is 5.96. The van der Waals surface area contributed by atoms with Crippen LogP contribution in [0.2, 0.25) is 0 Å². The number of carbonyl (C=O) groups is 1. The minimum absolute atomic E-state index is 0.142. The van der Waals surface area contributed by atoms with Crippen LogP contribution in [-0.4, -0.2) is 94.4 Å². The van der Waals surface area contributed by atoms with Crippen LogP contribution in [0.15, 0.2) is 18.2 Å². The van der Waals surface area contributed by atoms with Crippen molar-refractivity contribution in [3.05, 3.63) is 34.9 Å². The van der Waals surface area contributed by atoms with E-state index in [0.717, 1.165) is 70.0 Å². The number of hydrogen-bond acceptors (Lipinski definition) is 6. The van der Waals surface area contributed by atoms with Gasteiger partial charge >= 0.3 is 0 Å². The smallest absolute Gasteiger partial charge is 0.254 e. The molecule has 3 heterocycles. The average Bonchev–Trinajstić information content (AvgIpc) is 2.78. The van der Waals surface area contributed by atoms with Crippen molar-refractivity contribution in [2.24, 2.45) is 0 Å². The zero-order chi connectivity index (χ0) is 19.6. The quantitative estimate of drug-likeness (QED) is 0.679. The van der Waals surface area contributed by atoms with Gasteiger partial charge in [-0.25, -0.2) is 0 Å². The van der Waals surface area contributed by atoms with E-state index in [2.05, 4.69) is 33.8 Å². The molecule has 0 atom stereocenters. The van der Waals surface area contributed by atoms with Crippen molar-refractivity contribution in [1.82, 2.24) is 25.8 Å². The van der Waals surface area contributed by atoms with Crippen molar-refractivity contribution in [3.63, 3.8) is 0 Å². The number of amides is 1. The molecule has 3 aliphatic heterocycles. The van der Waals surface area contributed by atoms with E-state index in [4.69, 9.17) is 4.74 Å². The molecular weight excluding hydrogens is 354 g/mol. The van der Waals surface area contributed by atoms with Crippen LogP contribution in [-0.2, 0) is 11.3 Å². The summed E-state index contributed by atoms with van der Waals surface area (Å²) in [6.45, 7) is 14.5. The highest BCUT2D eigenvalue weighted by atomic mass is 16.5. The van der Waals surface area contributed by atoms with Crippen LogP contribution in [0.25, 0.3) is 0 Å². The minimum Gasteiger partial charge on any atom is -0.378 e. The molecule has 3 fully saturated rings. The second kappa shape index (κ2) is 11.5. The number of hydrogen-bond donors (Lipinski definition) is 3. The molecule has 1 amide bonds. The normalized spacial score (nSPS) is 21.0. The van der Waals surface area contributed by atoms with Crippen molar-refractivity contribution in [3.8, 4) is 0 Å². The first-order valence-corrected chi connectivity index (χ1v) is 10.6. The zero-order valence-electron chi connectivity index (χ0n) is 17.1. The number of carbonyl (C=O) groups excluding carboxylic acids is 1. The van der Waals surface area contributed by atoms with Gasteiger partial charge in [0.2, 0.25) is 0 Å². The first kappa shape index (κ1) is 21.2. The minimum atomic E-state index is 0.142. The molecule has 4 rings (SSSR count). The lowest BCUT2D eigenvalue weighted by atomic mass is 10.0. The van der Waals surface area contributed by atoms with Crippen LogP contribution >= 0.6 is 0 Å². The van der Waals surface area contributed by atoms with E-state index in [1.165, 1.54) is 5.56 Å². The Morgan fingerprint density at radius 3 is 2.14 bits per heavy atom. The molecule has 156 valence electrons. The van der Waals surface area contributed by atoms with E-state index in [1.54, 1.807) is 0 Å². The van der Waals surface area contributed by atoms with Crippen LogP contribution in [0.1, 0.15) is 21.5 Å². The standard InChI is InChI=1S/C17H25N3O2.C4H10N2/c1-14-15(13-19-7-5-18-6-8-19)3-2-4-16(14)17(21)20-9-11-22-12-10-20;1-2-6-4-3-5-1/h2-4,18H,5-13H2,1H3;5-6H,1-4H2. The van der Waals surface area contributed by atoms with Gasteiger partial charge in [0.25, 0.3) is 5.91 Å². The van der Waals surface area contributed by atoms with Crippen molar-refractivity contribution in [2.75, 3.05) is 78.7 Å². The predicted molar refractivity (Wildman–Crippen MR) is 112 cm³/mol. The Labute approximate surface area is 168 Å². The molecule has 28 heavy (non-hydrogen) atoms. The Hall–Kier alpha value is -1.51. The summed E-state index contributed by atoms with van der Waals surface area (Å²) in [6.07, 6.45) is 0. The van der Waals surface area contributed by atoms with Gasteiger partial charge in [0.05, 0.1) is 13.2 Å². The Bertz CT molecular complexity index is 597. The summed E-state index contributed by atoms with van der Waals surface area (Å²) in [5, 5.41) is 9.82. The SMILES string of the molecule is C1CNCCN1.Cc1c(CN2CCNCC2)cccc1C(=O)N1CCOCC1. The molecule has 0 spiro atoms. The molecule has 0 unspecified atom stereocenters. The molecule has 0 radical (unpaired) electrons. The van der Waals surface area contributed by atoms with Gasteiger partial charge in [-0.2, -0.15) is 0 Å². The molecule has 7 heteroatoms. The molecule has 0 aromatic heterocycles. The van der Waals surface area contributed by atoms with E-state index < -0.39 is 0 Å². The number of morpholine rings is 1. The second-order valence-electron chi connectivity index (χ2n) is 7.52. The Morgan fingerprint density at radius 1 is 0.929 bits per heavy atom. The molecule has 3 N–H and O–H groups in total. The van der Waals surface area contributed by atoms with Gasteiger partial charge in [-0.3, -0.25) is 9.69 Å². The summed E-state index contributed by atoms with van der Waals surface area (Å²) in [5.74, 6) is 0.142. The lowest BCUT2D eigenvalue weighted by molar-refractivity contribution is 0.0302. The number of nitrogens with one attached hydrogen (secondary N) is 3. The average molecular weight is 390 g/mol. The van der Waals surface area contributed by atoms with E-state index in [9.17, 15) is 4.79 Å². The first-order chi connectivity index (χ1) is 13.8. The highest BCUT2D eigenvalue weighted by Crippen LogP contribution is 2.18. The number of rotatable bonds is 3. The molecule has 0 saturated carbocycles. The van der Waals surface area contributed by atoms with Gasteiger partial charge in [0, 0.05) is 77.6 Å². The van der Waals surface area contributed by atoms with E-state index in [1.807, 2.05) is 17.0 Å². The number of benzene rings is 1. The Morgan fingerprint density at radius 2 is 1.54 bits per heavy atom. The van der Waals surface area contributed by atoms with E-state index in [0.29, 0.717) is 26.3 Å². The summed E-state index contributed by atoms with van der Waals surface area (Å²) >= 11 is 0. The van der Waals surface area contributed by atoms with E-state index >= 15 is 0 Å². The van der Waals surface area contributed by atoms with Gasteiger partial charge in [0.1, 0.15) is 0 Å². The van der Waals surface area contributed by atoms with Crippen molar-refractivity contribution in [2.45, 2.75) is 13.5 Å². The maximum atomic E-state index is 12.7. The highest BCUT2D eigenvalue weighted by Gasteiger charge is 2.21. The summed E-state index contributed by atoms with van der Waals surface area (Å²) in [7, 11) is 0. The maximum Gasteiger partial charge on any atom is 0.254 e. The zero-order valence-corrected chi connectivity index (χ0v) is 17.1. The molecule has 0 aliphatic carbocycles. The fraction of sp³-hybridized carbons (Fsp3) is 0.667. The third-order valence-corrected chi connectivity index (χ3v) is 5.54. The van der Waals surface area contributed by atoms with Gasteiger partial charge in [-0.05, 0) is 24.1 Å². The van der Waals surface area contributed by atoms with Crippen LogP contribution in [0.4, 0.5) is 0 Å². The topological polar surface area (TPSA) is 68.9 Å². The molecule has 7 nitrogen and oxygen atoms in total. The Kier molecular flexibility index (Phi) is 8.70. The fourth-order valence-electron chi connectivity index (χ4n) is 3.74. The Balaban J connectivity index is 0.000000320. The monoisotopic (exact) mass is 389 g/mol. The molecule has 1 aromatic carbocycles. The number of ether oxygens (including phenoxy) is 1. The number of piperazine rings is 2. The fourth-order valence-corrected chi connectivity index (χ4v) is 3.74. The number of nitrogens with zero attached hydrogens (tertiary/aromatic N) is 2. The summed E-state index contributed by atoms with van der Waals surface area (Å²) in [4.78, 5) is 17.1. The lowest BCUT2D eigenvalue weighted by Crippen LogP contribution is -2.43. The van der Waals surface area contributed by atoms with Gasteiger partial charge < -0.3 is 25.6 Å². The summed E-state index contributed by atoms with van der Waals surface area (Å²) in [6, 6.07) is 6.11. The van der Waals surface area contributed by atoms with Gasteiger partial charge in [0.15, 0.2) is 0 Å². The molecule has 3 saturated heterocycles. The first-order valence-electron chi connectivity index (χ1n) is 10.6.